The van der Waals surface area contributed by atoms with E-state index in [0.29, 0.717) is 23.8 Å². The Bertz CT molecular complexity index is 350. The molecule has 0 heterocycles. The Labute approximate surface area is 102 Å². The molecule has 0 amide bonds. The van der Waals surface area contributed by atoms with Gasteiger partial charge in [-0.1, -0.05) is 19.9 Å². The summed E-state index contributed by atoms with van der Waals surface area (Å²) in [5.41, 5.74) is 0.604. The summed E-state index contributed by atoms with van der Waals surface area (Å²) < 4.78 is 26.3. The topological polar surface area (TPSA) is 12.0 Å². The third-order valence-electron chi connectivity index (χ3n) is 2.82. The van der Waals surface area contributed by atoms with Gasteiger partial charge in [0.15, 0.2) is 0 Å². The number of hydrogen-bond acceptors (Lipinski definition) is 1. The summed E-state index contributed by atoms with van der Waals surface area (Å²) in [4.78, 5) is 0. The van der Waals surface area contributed by atoms with Gasteiger partial charge >= 0.3 is 0 Å². The van der Waals surface area contributed by atoms with Crippen molar-refractivity contribution in [2.45, 2.75) is 26.7 Å². The van der Waals surface area contributed by atoms with Gasteiger partial charge in [0, 0.05) is 6.07 Å². The maximum absolute atomic E-state index is 13.5. The molecule has 0 aromatic heterocycles. The van der Waals surface area contributed by atoms with Crippen molar-refractivity contribution in [3.8, 4) is 0 Å². The molecule has 0 bridgehead atoms. The largest absolute Gasteiger partial charge is 0.319 e. The zero-order valence-electron chi connectivity index (χ0n) is 10.8. The SMILES string of the molecule is CNCC(Cc1ccc(F)cc1F)CC(C)C. The average Bonchev–Trinajstić information content (AvgIpc) is 2.21. The van der Waals surface area contributed by atoms with Crippen molar-refractivity contribution in [2.75, 3.05) is 13.6 Å². The van der Waals surface area contributed by atoms with E-state index < -0.39 is 11.6 Å². The Balaban J connectivity index is 2.71. The van der Waals surface area contributed by atoms with Crippen molar-refractivity contribution in [1.29, 1.82) is 0 Å². The molecule has 96 valence electrons. The van der Waals surface area contributed by atoms with Gasteiger partial charge in [0.25, 0.3) is 0 Å². The van der Waals surface area contributed by atoms with Gasteiger partial charge < -0.3 is 5.32 Å². The number of hydrogen-bond donors (Lipinski definition) is 1. The van der Waals surface area contributed by atoms with Gasteiger partial charge in [-0.2, -0.15) is 0 Å². The van der Waals surface area contributed by atoms with E-state index in [0.717, 1.165) is 19.0 Å². The van der Waals surface area contributed by atoms with Gasteiger partial charge in [-0.15, -0.1) is 0 Å². The summed E-state index contributed by atoms with van der Waals surface area (Å²) in [7, 11) is 1.90. The second-order valence-corrected chi connectivity index (χ2v) is 4.99. The average molecular weight is 241 g/mol. The molecule has 0 saturated carbocycles. The molecule has 3 heteroatoms. The summed E-state index contributed by atoms with van der Waals surface area (Å²) in [6, 6.07) is 3.83. The van der Waals surface area contributed by atoms with Crippen LogP contribution in [0.1, 0.15) is 25.8 Å². The molecule has 1 N–H and O–H groups in total. The third kappa shape index (κ3) is 4.82. The Hall–Kier alpha value is -0.960. The first kappa shape index (κ1) is 14.1. The van der Waals surface area contributed by atoms with Crippen LogP contribution < -0.4 is 5.32 Å². The van der Waals surface area contributed by atoms with Gasteiger partial charge in [0.1, 0.15) is 11.6 Å². The Morgan fingerprint density at radius 3 is 2.47 bits per heavy atom. The van der Waals surface area contributed by atoms with E-state index >= 15 is 0 Å². The molecule has 0 aliphatic carbocycles. The van der Waals surface area contributed by atoms with Crippen LogP contribution in [0.3, 0.4) is 0 Å². The predicted octanol–water partition coefficient (Wildman–Crippen LogP) is 3.39. The van der Waals surface area contributed by atoms with E-state index in [-0.39, 0.29) is 0 Å². The lowest BCUT2D eigenvalue weighted by atomic mass is 9.90. The van der Waals surface area contributed by atoms with Gasteiger partial charge in [0.05, 0.1) is 0 Å². The molecule has 17 heavy (non-hydrogen) atoms. The fraction of sp³-hybridized carbons (Fsp3) is 0.571. The van der Waals surface area contributed by atoms with E-state index in [9.17, 15) is 8.78 Å². The molecule has 0 saturated heterocycles. The first-order valence-corrected chi connectivity index (χ1v) is 6.11. The van der Waals surface area contributed by atoms with E-state index in [1.165, 1.54) is 6.07 Å². The van der Waals surface area contributed by atoms with Crippen LogP contribution in [0, 0.1) is 23.5 Å². The van der Waals surface area contributed by atoms with Gasteiger partial charge in [-0.25, -0.2) is 8.78 Å². The molecule has 1 aromatic rings. The number of rotatable bonds is 6. The minimum absolute atomic E-state index is 0.389. The highest BCUT2D eigenvalue weighted by Crippen LogP contribution is 2.19. The van der Waals surface area contributed by atoms with Gasteiger partial charge in [-0.3, -0.25) is 0 Å². The molecule has 0 fully saturated rings. The first-order valence-electron chi connectivity index (χ1n) is 6.11. The fourth-order valence-corrected chi connectivity index (χ4v) is 2.19. The normalized spacial score (nSPS) is 13.1. The smallest absolute Gasteiger partial charge is 0.129 e. The molecule has 0 aliphatic rings. The van der Waals surface area contributed by atoms with Crippen LogP contribution in [0.25, 0.3) is 0 Å². The molecule has 1 atom stereocenters. The zero-order chi connectivity index (χ0) is 12.8. The Morgan fingerprint density at radius 2 is 1.94 bits per heavy atom. The van der Waals surface area contributed by atoms with Gasteiger partial charge in [0.2, 0.25) is 0 Å². The number of benzene rings is 1. The highest BCUT2D eigenvalue weighted by molar-refractivity contribution is 5.19. The van der Waals surface area contributed by atoms with Crippen LogP contribution in [0.15, 0.2) is 18.2 Å². The van der Waals surface area contributed by atoms with Crippen molar-refractivity contribution < 1.29 is 8.78 Å². The summed E-state index contributed by atoms with van der Waals surface area (Å²) in [6.45, 7) is 5.17. The maximum Gasteiger partial charge on any atom is 0.129 e. The molecule has 0 spiro atoms. The van der Waals surface area contributed by atoms with Crippen LogP contribution >= 0.6 is 0 Å². The monoisotopic (exact) mass is 241 g/mol. The maximum atomic E-state index is 13.5. The second kappa shape index (κ2) is 6.70. The first-order chi connectivity index (χ1) is 8.02. The molecular weight excluding hydrogens is 220 g/mol. The van der Waals surface area contributed by atoms with E-state index in [4.69, 9.17) is 0 Å². The lowest BCUT2D eigenvalue weighted by molar-refractivity contribution is 0.390. The quantitative estimate of drug-likeness (QED) is 0.805. The Kier molecular flexibility index (Phi) is 5.56. The molecule has 1 rings (SSSR count). The van der Waals surface area contributed by atoms with Crippen LogP contribution in [-0.2, 0) is 6.42 Å². The van der Waals surface area contributed by atoms with Crippen LogP contribution in [0.5, 0.6) is 0 Å². The highest BCUT2D eigenvalue weighted by Gasteiger charge is 2.13. The standard InChI is InChI=1S/C14H21F2N/c1-10(2)6-11(9-17-3)7-12-4-5-13(15)8-14(12)16/h4-5,8,10-11,17H,6-7,9H2,1-3H3. The minimum Gasteiger partial charge on any atom is -0.319 e. The zero-order valence-corrected chi connectivity index (χ0v) is 10.8. The molecule has 0 radical (unpaired) electrons. The lowest BCUT2D eigenvalue weighted by Crippen LogP contribution is -2.22. The highest BCUT2D eigenvalue weighted by atomic mass is 19.1. The molecule has 1 unspecified atom stereocenters. The van der Waals surface area contributed by atoms with Crippen molar-refractivity contribution >= 4 is 0 Å². The fourth-order valence-electron chi connectivity index (χ4n) is 2.19. The lowest BCUT2D eigenvalue weighted by Gasteiger charge is -2.19. The third-order valence-corrected chi connectivity index (χ3v) is 2.82. The summed E-state index contributed by atoms with van der Waals surface area (Å²) >= 11 is 0. The van der Waals surface area contributed by atoms with E-state index in [2.05, 4.69) is 19.2 Å². The second-order valence-electron chi connectivity index (χ2n) is 4.99. The van der Waals surface area contributed by atoms with Crippen molar-refractivity contribution in [3.05, 3.63) is 35.4 Å². The number of nitrogens with one attached hydrogen (secondary N) is 1. The summed E-state index contributed by atoms with van der Waals surface area (Å²) in [5.74, 6) is 0.0203. The van der Waals surface area contributed by atoms with Crippen molar-refractivity contribution in [3.63, 3.8) is 0 Å². The van der Waals surface area contributed by atoms with Crippen LogP contribution in [0.2, 0.25) is 0 Å². The predicted molar refractivity (Wildman–Crippen MR) is 66.9 cm³/mol. The van der Waals surface area contributed by atoms with Crippen LogP contribution in [0.4, 0.5) is 8.78 Å². The van der Waals surface area contributed by atoms with Crippen LogP contribution in [-0.4, -0.2) is 13.6 Å². The molecular formula is C14H21F2N. The van der Waals surface area contributed by atoms with Gasteiger partial charge in [-0.05, 0) is 49.9 Å². The van der Waals surface area contributed by atoms with Crippen molar-refractivity contribution in [1.82, 2.24) is 5.32 Å². The minimum atomic E-state index is -0.514. The summed E-state index contributed by atoms with van der Waals surface area (Å²) in [6.07, 6.45) is 1.70. The summed E-state index contributed by atoms with van der Waals surface area (Å²) in [5, 5.41) is 3.13. The number of halogens is 2. The molecule has 1 nitrogen and oxygen atoms in total. The molecule has 0 aliphatic heterocycles. The van der Waals surface area contributed by atoms with E-state index in [1.807, 2.05) is 7.05 Å². The Morgan fingerprint density at radius 1 is 1.24 bits per heavy atom. The molecule has 1 aromatic carbocycles. The van der Waals surface area contributed by atoms with E-state index in [1.54, 1.807) is 6.07 Å². The van der Waals surface area contributed by atoms with Crippen molar-refractivity contribution in [2.24, 2.45) is 11.8 Å².